The number of piperidine rings is 1. The number of anilines is 3. The highest BCUT2D eigenvalue weighted by Crippen LogP contribution is 2.23. The molecule has 0 bridgehead atoms. The molecule has 0 aliphatic carbocycles. The molecule has 8 heteroatoms. The van der Waals surface area contributed by atoms with Crippen molar-refractivity contribution < 1.29 is 19.5 Å². The Kier molecular flexibility index (Phi) is 6.33. The number of aryl methyl sites for hydroxylation is 1. The fourth-order valence-electron chi connectivity index (χ4n) is 3.21. The Morgan fingerprint density at radius 1 is 1.00 bits per heavy atom. The van der Waals surface area contributed by atoms with Gasteiger partial charge in [0.15, 0.2) is 0 Å². The van der Waals surface area contributed by atoms with Crippen LogP contribution in [0.1, 0.15) is 18.4 Å². The fourth-order valence-corrected chi connectivity index (χ4v) is 3.21. The minimum absolute atomic E-state index is 0.192. The van der Waals surface area contributed by atoms with Crippen molar-refractivity contribution in [2.45, 2.75) is 19.8 Å². The van der Waals surface area contributed by atoms with Gasteiger partial charge in [-0.25, -0.2) is 9.59 Å². The van der Waals surface area contributed by atoms with Crippen LogP contribution in [0.5, 0.6) is 0 Å². The summed E-state index contributed by atoms with van der Waals surface area (Å²) in [6.45, 7) is 2.56. The summed E-state index contributed by atoms with van der Waals surface area (Å²) < 4.78 is 0. The number of aliphatic carboxylic acids is 1. The first-order chi connectivity index (χ1) is 13.9. The molecule has 0 spiro atoms. The molecule has 29 heavy (non-hydrogen) atoms. The minimum Gasteiger partial charge on any atom is -0.481 e. The molecule has 0 radical (unpaired) electrons. The van der Waals surface area contributed by atoms with Crippen molar-refractivity contribution in [2.75, 3.05) is 29.0 Å². The third-order valence-corrected chi connectivity index (χ3v) is 4.83. The van der Waals surface area contributed by atoms with Crippen molar-refractivity contribution in [3.63, 3.8) is 0 Å². The first-order valence-electron chi connectivity index (χ1n) is 9.45. The van der Waals surface area contributed by atoms with Gasteiger partial charge < -0.3 is 26.0 Å². The number of hydrogen-bond donors (Lipinski definition) is 4. The van der Waals surface area contributed by atoms with E-state index in [2.05, 4.69) is 16.0 Å². The number of carboxylic acid groups (broad SMARTS) is 1. The van der Waals surface area contributed by atoms with Gasteiger partial charge in [-0.15, -0.1) is 0 Å². The summed E-state index contributed by atoms with van der Waals surface area (Å²) in [6.07, 6.45) is 1.23. The van der Waals surface area contributed by atoms with Gasteiger partial charge in [0.1, 0.15) is 0 Å². The van der Waals surface area contributed by atoms with E-state index in [1.54, 1.807) is 30.3 Å². The monoisotopic (exact) mass is 396 g/mol. The molecule has 2 aromatic rings. The SMILES string of the molecule is Cc1ccc(NC(=O)Nc2ccccc2)cc1NC(=O)N1CCCC(C(=O)O)C1. The van der Waals surface area contributed by atoms with Crippen LogP contribution in [0.3, 0.4) is 0 Å². The molecule has 8 nitrogen and oxygen atoms in total. The Morgan fingerprint density at radius 3 is 2.45 bits per heavy atom. The van der Waals surface area contributed by atoms with Crippen LogP contribution < -0.4 is 16.0 Å². The van der Waals surface area contributed by atoms with E-state index in [0.29, 0.717) is 36.4 Å². The van der Waals surface area contributed by atoms with Crippen molar-refractivity contribution in [3.8, 4) is 0 Å². The van der Waals surface area contributed by atoms with Crippen LogP contribution in [0.25, 0.3) is 0 Å². The van der Waals surface area contributed by atoms with Gasteiger partial charge in [-0.1, -0.05) is 24.3 Å². The summed E-state index contributed by atoms with van der Waals surface area (Å²) in [5.74, 6) is -1.42. The number of para-hydroxylation sites is 1. The second-order valence-corrected chi connectivity index (χ2v) is 7.03. The highest BCUT2D eigenvalue weighted by Gasteiger charge is 2.28. The van der Waals surface area contributed by atoms with Gasteiger partial charge in [-0.3, -0.25) is 4.79 Å². The molecule has 1 heterocycles. The van der Waals surface area contributed by atoms with Gasteiger partial charge in [-0.2, -0.15) is 0 Å². The van der Waals surface area contributed by atoms with E-state index >= 15 is 0 Å². The van der Waals surface area contributed by atoms with E-state index in [0.717, 1.165) is 5.56 Å². The summed E-state index contributed by atoms with van der Waals surface area (Å²) in [7, 11) is 0. The van der Waals surface area contributed by atoms with E-state index in [1.807, 2.05) is 25.1 Å². The topological polar surface area (TPSA) is 111 Å². The van der Waals surface area contributed by atoms with Crippen LogP contribution in [0.2, 0.25) is 0 Å². The van der Waals surface area contributed by atoms with E-state index in [9.17, 15) is 19.5 Å². The maximum absolute atomic E-state index is 12.6. The van der Waals surface area contributed by atoms with Gasteiger partial charge in [0.2, 0.25) is 0 Å². The average molecular weight is 396 g/mol. The third kappa shape index (κ3) is 5.47. The van der Waals surface area contributed by atoms with Gasteiger partial charge in [-0.05, 0) is 49.6 Å². The van der Waals surface area contributed by atoms with E-state index in [1.165, 1.54) is 4.90 Å². The summed E-state index contributed by atoms with van der Waals surface area (Å²) in [5, 5.41) is 17.5. The van der Waals surface area contributed by atoms with Crippen molar-refractivity contribution in [3.05, 3.63) is 54.1 Å². The molecule has 0 aromatic heterocycles. The maximum atomic E-state index is 12.6. The van der Waals surface area contributed by atoms with Gasteiger partial charge in [0.05, 0.1) is 5.92 Å². The summed E-state index contributed by atoms with van der Waals surface area (Å²) in [4.78, 5) is 37.5. The fraction of sp³-hybridized carbons (Fsp3) is 0.286. The van der Waals surface area contributed by atoms with E-state index in [-0.39, 0.29) is 12.6 Å². The van der Waals surface area contributed by atoms with Gasteiger partial charge >= 0.3 is 18.0 Å². The predicted octanol–water partition coefficient (Wildman–Crippen LogP) is 3.97. The highest BCUT2D eigenvalue weighted by atomic mass is 16.4. The zero-order chi connectivity index (χ0) is 20.8. The van der Waals surface area contributed by atoms with Crippen LogP contribution in [0, 0.1) is 12.8 Å². The average Bonchev–Trinajstić information content (AvgIpc) is 2.71. The van der Waals surface area contributed by atoms with Crippen molar-refractivity contribution in [2.24, 2.45) is 5.92 Å². The lowest BCUT2D eigenvalue weighted by atomic mass is 9.99. The number of benzene rings is 2. The number of carbonyl (C=O) groups excluding carboxylic acids is 2. The molecular formula is C21H24N4O4. The number of hydrogen-bond acceptors (Lipinski definition) is 3. The van der Waals surface area contributed by atoms with Crippen molar-refractivity contribution in [1.82, 2.24) is 4.90 Å². The van der Waals surface area contributed by atoms with Crippen LogP contribution in [0.15, 0.2) is 48.5 Å². The first kappa shape index (κ1) is 20.2. The largest absolute Gasteiger partial charge is 0.481 e. The Bertz CT molecular complexity index is 901. The third-order valence-electron chi connectivity index (χ3n) is 4.83. The number of carbonyl (C=O) groups is 3. The van der Waals surface area contributed by atoms with Crippen LogP contribution >= 0.6 is 0 Å². The molecule has 0 saturated carbocycles. The molecule has 152 valence electrons. The molecule has 4 N–H and O–H groups in total. The standard InChI is InChI=1S/C21H24N4O4/c1-14-9-10-17(23-20(28)22-16-7-3-2-4-8-16)12-18(14)24-21(29)25-11-5-6-15(13-25)19(26)27/h2-4,7-10,12,15H,5-6,11,13H2,1H3,(H,24,29)(H,26,27)(H2,22,23,28). The zero-order valence-corrected chi connectivity index (χ0v) is 16.1. The Balaban J connectivity index is 1.63. The normalized spacial score (nSPS) is 16.0. The Morgan fingerprint density at radius 2 is 1.72 bits per heavy atom. The number of rotatable bonds is 4. The molecular weight excluding hydrogens is 372 g/mol. The lowest BCUT2D eigenvalue weighted by Crippen LogP contribution is -2.44. The van der Waals surface area contributed by atoms with Crippen LogP contribution in [-0.2, 0) is 4.79 Å². The molecule has 1 atom stereocenters. The molecule has 1 aliphatic rings. The second kappa shape index (κ2) is 9.09. The van der Waals surface area contributed by atoms with Crippen LogP contribution in [0.4, 0.5) is 26.7 Å². The molecule has 3 rings (SSSR count). The molecule has 1 aliphatic heterocycles. The number of likely N-dealkylation sites (tertiary alicyclic amines) is 1. The molecule has 2 aromatic carbocycles. The van der Waals surface area contributed by atoms with Crippen molar-refractivity contribution >= 4 is 35.1 Å². The van der Waals surface area contributed by atoms with Crippen LogP contribution in [-0.4, -0.2) is 41.1 Å². The quantitative estimate of drug-likeness (QED) is 0.627. The number of amides is 4. The van der Waals surface area contributed by atoms with Gasteiger partial charge in [0, 0.05) is 30.2 Å². The molecule has 1 saturated heterocycles. The number of nitrogens with zero attached hydrogens (tertiary/aromatic N) is 1. The summed E-state index contributed by atoms with van der Waals surface area (Å²) >= 11 is 0. The Labute approximate surface area is 168 Å². The molecule has 4 amide bonds. The minimum atomic E-state index is -0.880. The maximum Gasteiger partial charge on any atom is 0.323 e. The molecule has 1 fully saturated rings. The highest BCUT2D eigenvalue weighted by molar-refractivity contribution is 6.00. The number of nitrogens with one attached hydrogen (secondary N) is 3. The zero-order valence-electron chi connectivity index (χ0n) is 16.1. The summed E-state index contributed by atoms with van der Waals surface area (Å²) in [6, 6.07) is 13.6. The van der Waals surface area contributed by atoms with Crippen molar-refractivity contribution in [1.29, 1.82) is 0 Å². The molecule has 1 unspecified atom stereocenters. The number of carboxylic acids is 1. The second-order valence-electron chi connectivity index (χ2n) is 7.03. The predicted molar refractivity (Wildman–Crippen MR) is 111 cm³/mol. The Hall–Kier alpha value is -3.55. The summed E-state index contributed by atoms with van der Waals surface area (Å²) in [5.41, 5.74) is 2.59. The number of urea groups is 2. The smallest absolute Gasteiger partial charge is 0.323 e. The lowest BCUT2D eigenvalue weighted by Gasteiger charge is -2.31. The van der Waals surface area contributed by atoms with E-state index < -0.39 is 17.9 Å². The first-order valence-corrected chi connectivity index (χ1v) is 9.45. The van der Waals surface area contributed by atoms with E-state index in [4.69, 9.17) is 0 Å². The lowest BCUT2D eigenvalue weighted by molar-refractivity contribution is -0.143. The van der Waals surface area contributed by atoms with Gasteiger partial charge in [0.25, 0.3) is 0 Å².